The van der Waals surface area contributed by atoms with Gasteiger partial charge in [0, 0.05) is 19.2 Å². The lowest BCUT2D eigenvalue weighted by atomic mass is 10.0. The van der Waals surface area contributed by atoms with Gasteiger partial charge in [0.25, 0.3) is 5.91 Å². The third kappa shape index (κ3) is 3.51. The van der Waals surface area contributed by atoms with Crippen LogP contribution in [0.2, 0.25) is 0 Å². The molecule has 23 heavy (non-hydrogen) atoms. The van der Waals surface area contributed by atoms with E-state index < -0.39 is 0 Å². The van der Waals surface area contributed by atoms with Gasteiger partial charge >= 0.3 is 0 Å². The zero-order valence-electron chi connectivity index (χ0n) is 13.3. The number of hydrogen-bond acceptors (Lipinski definition) is 2. The fourth-order valence-corrected chi connectivity index (χ4v) is 3.45. The van der Waals surface area contributed by atoms with Crippen LogP contribution in [0.1, 0.15) is 20.8 Å². The molecule has 116 valence electrons. The normalized spacial score (nSPS) is 10.5. The summed E-state index contributed by atoms with van der Waals surface area (Å²) in [5.74, 6) is 0.0689. The Morgan fingerprint density at radius 2 is 1.70 bits per heavy atom. The van der Waals surface area contributed by atoms with Crippen molar-refractivity contribution in [2.75, 3.05) is 7.05 Å². The van der Waals surface area contributed by atoms with Crippen LogP contribution >= 0.6 is 11.3 Å². The SMILES string of the molecule is Cc1ccc(-c2ccsc2C(=O)N(C)Cc2ccccc2)cc1. The molecule has 1 aromatic heterocycles. The summed E-state index contributed by atoms with van der Waals surface area (Å²) in [6, 6.07) is 20.4. The van der Waals surface area contributed by atoms with E-state index >= 15 is 0 Å². The third-order valence-corrected chi connectivity index (χ3v) is 4.73. The van der Waals surface area contributed by atoms with Gasteiger partial charge in [-0.3, -0.25) is 4.79 Å². The first-order valence-electron chi connectivity index (χ1n) is 7.59. The Kier molecular flexibility index (Phi) is 4.58. The summed E-state index contributed by atoms with van der Waals surface area (Å²) in [5.41, 5.74) is 4.46. The number of benzene rings is 2. The molecule has 1 heterocycles. The van der Waals surface area contributed by atoms with E-state index in [4.69, 9.17) is 0 Å². The fraction of sp³-hybridized carbons (Fsp3) is 0.150. The van der Waals surface area contributed by atoms with E-state index in [1.165, 1.54) is 16.9 Å². The van der Waals surface area contributed by atoms with Gasteiger partial charge < -0.3 is 4.90 Å². The standard InChI is InChI=1S/C20H19NOS/c1-15-8-10-17(11-9-15)18-12-13-23-19(18)20(22)21(2)14-16-6-4-3-5-7-16/h3-13H,14H2,1-2H3. The molecule has 0 spiro atoms. The van der Waals surface area contributed by atoms with Crippen LogP contribution in [0.15, 0.2) is 66.0 Å². The highest BCUT2D eigenvalue weighted by Crippen LogP contribution is 2.29. The van der Waals surface area contributed by atoms with Crippen molar-refractivity contribution >= 4 is 17.2 Å². The zero-order chi connectivity index (χ0) is 16.2. The first-order valence-corrected chi connectivity index (χ1v) is 8.47. The van der Waals surface area contributed by atoms with Crippen LogP contribution in [0.5, 0.6) is 0 Å². The minimum atomic E-state index is 0.0689. The molecule has 0 N–H and O–H groups in total. The summed E-state index contributed by atoms with van der Waals surface area (Å²) in [5, 5.41) is 1.98. The molecule has 1 amide bonds. The second kappa shape index (κ2) is 6.80. The maximum Gasteiger partial charge on any atom is 0.264 e. The molecule has 0 radical (unpaired) electrons. The Balaban J connectivity index is 1.83. The maximum absolute atomic E-state index is 12.8. The van der Waals surface area contributed by atoms with Crippen molar-refractivity contribution in [3.05, 3.63) is 82.0 Å². The van der Waals surface area contributed by atoms with Crippen molar-refractivity contribution < 1.29 is 4.79 Å². The van der Waals surface area contributed by atoms with Gasteiger partial charge in [0.2, 0.25) is 0 Å². The Hall–Kier alpha value is -2.39. The average Bonchev–Trinajstić information content (AvgIpc) is 3.05. The third-order valence-electron chi connectivity index (χ3n) is 3.83. The molecule has 3 rings (SSSR count). The Morgan fingerprint density at radius 3 is 2.39 bits per heavy atom. The van der Waals surface area contributed by atoms with E-state index in [-0.39, 0.29) is 5.91 Å². The van der Waals surface area contributed by atoms with E-state index in [0.717, 1.165) is 21.6 Å². The van der Waals surface area contributed by atoms with Gasteiger partial charge in [-0.2, -0.15) is 0 Å². The van der Waals surface area contributed by atoms with E-state index in [2.05, 4.69) is 31.2 Å². The molecule has 0 bridgehead atoms. The molecule has 0 aliphatic carbocycles. The molecule has 2 nitrogen and oxygen atoms in total. The molecule has 0 fully saturated rings. The van der Waals surface area contributed by atoms with Crippen LogP contribution in [0.3, 0.4) is 0 Å². The Bertz CT molecular complexity index is 790. The lowest BCUT2D eigenvalue weighted by Gasteiger charge is -2.17. The van der Waals surface area contributed by atoms with Crippen LogP contribution in [-0.2, 0) is 6.54 Å². The van der Waals surface area contributed by atoms with E-state index in [1.807, 2.05) is 48.8 Å². The van der Waals surface area contributed by atoms with Crippen LogP contribution in [0, 0.1) is 6.92 Å². The minimum absolute atomic E-state index is 0.0689. The van der Waals surface area contributed by atoms with Crippen molar-refractivity contribution in [1.82, 2.24) is 4.90 Å². The number of carbonyl (C=O) groups is 1. The van der Waals surface area contributed by atoms with Crippen LogP contribution in [-0.4, -0.2) is 17.9 Å². The quantitative estimate of drug-likeness (QED) is 0.662. The van der Waals surface area contributed by atoms with Gasteiger partial charge in [-0.15, -0.1) is 11.3 Å². The van der Waals surface area contributed by atoms with Crippen molar-refractivity contribution in [2.45, 2.75) is 13.5 Å². The Morgan fingerprint density at radius 1 is 1.00 bits per heavy atom. The monoisotopic (exact) mass is 321 g/mol. The Labute approximate surface area is 141 Å². The predicted octanol–water partition coefficient (Wildman–Crippen LogP) is 5.00. The van der Waals surface area contributed by atoms with Crippen molar-refractivity contribution in [3.8, 4) is 11.1 Å². The molecular weight excluding hydrogens is 302 g/mol. The van der Waals surface area contributed by atoms with Crippen molar-refractivity contribution in [1.29, 1.82) is 0 Å². The number of nitrogens with zero attached hydrogens (tertiary/aromatic N) is 1. The van der Waals surface area contributed by atoms with Crippen molar-refractivity contribution in [3.63, 3.8) is 0 Å². The number of carbonyl (C=O) groups excluding carboxylic acids is 1. The summed E-state index contributed by atoms with van der Waals surface area (Å²) in [6.45, 7) is 2.68. The molecule has 0 saturated heterocycles. The van der Waals surface area contributed by atoms with Crippen LogP contribution in [0.4, 0.5) is 0 Å². The number of aryl methyl sites for hydroxylation is 1. The largest absolute Gasteiger partial charge is 0.337 e. The second-order valence-electron chi connectivity index (χ2n) is 5.68. The highest BCUT2D eigenvalue weighted by atomic mass is 32.1. The summed E-state index contributed by atoms with van der Waals surface area (Å²) in [6.07, 6.45) is 0. The van der Waals surface area contributed by atoms with Crippen molar-refractivity contribution in [2.24, 2.45) is 0 Å². The first-order chi connectivity index (χ1) is 11.1. The van der Waals surface area contributed by atoms with Crippen LogP contribution < -0.4 is 0 Å². The predicted molar refractivity (Wildman–Crippen MR) is 96.7 cm³/mol. The molecule has 3 aromatic rings. The molecule has 0 aliphatic rings. The zero-order valence-corrected chi connectivity index (χ0v) is 14.1. The minimum Gasteiger partial charge on any atom is -0.337 e. The topological polar surface area (TPSA) is 20.3 Å². The van der Waals surface area contributed by atoms with Gasteiger partial charge in [-0.25, -0.2) is 0 Å². The molecule has 3 heteroatoms. The van der Waals surface area contributed by atoms with Gasteiger partial charge in [0.1, 0.15) is 0 Å². The molecule has 0 unspecified atom stereocenters. The maximum atomic E-state index is 12.8. The second-order valence-corrected chi connectivity index (χ2v) is 6.59. The van der Waals surface area contributed by atoms with E-state index in [0.29, 0.717) is 6.54 Å². The lowest BCUT2D eigenvalue weighted by Crippen LogP contribution is -2.25. The summed E-state index contributed by atoms with van der Waals surface area (Å²) < 4.78 is 0. The van der Waals surface area contributed by atoms with E-state index in [1.54, 1.807) is 4.90 Å². The average molecular weight is 321 g/mol. The number of rotatable bonds is 4. The fourth-order valence-electron chi connectivity index (χ4n) is 2.54. The number of amides is 1. The van der Waals surface area contributed by atoms with Crippen LogP contribution in [0.25, 0.3) is 11.1 Å². The highest BCUT2D eigenvalue weighted by molar-refractivity contribution is 7.12. The van der Waals surface area contributed by atoms with Gasteiger partial charge in [0.15, 0.2) is 0 Å². The molecule has 0 atom stereocenters. The van der Waals surface area contributed by atoms with Gasteiger partial charge in [-0.1, -0.05) is 60.2 Å². The molecular formula is C20H19NOS. The number of thiophene rings is 1. The molecule has 0 aliphatic heterocycles. The lowest BCUT2D eigenvalue weighted by molar-refractivity contribution is 0.0790. The summed E-state index contributed by atoms with van der Waals surface area (Å²) >= 11 is 1.50. The molecule has 2 aromatic carbocycles. The summed E-state index contributed by atoms with van der Waals surface area (Å²) in [7, 11) is 1.86. The highest BCUT2D eigenvalue weighted by Gasteiger charge is 2.18. The number of hydrogen-bond donors (Lipinski definition) is 0. The smallest absolute Gasteiger partial charge is 0.264 e. The van der Waals surface area contributed by atoms with Gasteiger partial charge in [0.05, 0.1) is 4.88 Å². The first kappa shape index (κ1) is 15.5. The van der Waals surface area contributed by atoms with Gasteiger partial charge in [-0.05, 0) is 29.5 Å². The summed E-state index contributed by atoms with van der Waals surface area (Å²) in [4.78, 5) is 15.4. The molecule has 0 saturated carbocycles. The van der Waals surface area contributed by atoms with E-state index in [9.17, 15) is 4.79 Å².